The Balaban J connectivity index is 2.33. The molecule has 0 saturated carbocycles. The Labute approximate surface area is 112 Å². The zero-order valence-electron chi connectivity index (χ0n) is 8.63. The summed E-state index contributed by atoms with van der Waals surface area (Å²) in [5.41, 5.74) is 1.09. The minimum absolute atomic E-state index is 0.745. The van der Waals surface area contributed by atoms with E-state index in [4.69, 9.17) is 11.6 Å². The van der Waals surface area contributed by atoms with Crippen LogP contribution in [0, 0.1) is 0 Å². The monoisotopic (exact) mass is 316 g/mol. The Bertz CT molecular complexity index is 481. The summed E-state index contributed by atoms with van der Waals surface area (Å²) in [4.78, 5) is 5.68. The van der Waals surface area contributed by atoms with Gasteiger partial charge in [-0.15, -0.1) is 11.3 Å². The van der Waals surface area contributed by atoms with E-state index in [2.05, 4.69) is 26.2 Å². The Kier molecular flexibility index (Phi) is 3.97. The zero-order valence-corrected chi connectivity index (χ0v) is 11.8. The van der Waals surface area contributed by atoms with Crippen LogP contribution in [0.15, 0.2) is 28.9 Å². The second-order valence-electron chi connectivity index (χ2n) is 3.27. The van der Waals surface area contributed by atoms with Crippen molar-refractivity contribution in [1.82, 2.24) is 10.3 Å². The van der Waals surface area contributed by atoms with Crippen LogP contribution in [-0.2, 0) is 6.54 Å². The molecule has 0 atom stereocenters. The standard InChI is InChI=1S/C11H10BrClN2S/c1-14-6-9-10(12)15-11(16-9)7-2-4-8(13)5-3-7/h2-5,14H,6H2,1H3. The molecule has 0 aliphatic carbocycles. The van der Waals surface area contributed by atoms with Gasteiger partial charge in [0.1, 0.15) is 9.61 Å². The summed E-state index contributed by atoms with van der Waals surface area (Å²) in [6, 6.07) is 7.72. The fraction of sp³-hybridized carbons (Fsp3) is 0.182. The average molecular weight is 318 g/mol. The molecule has 0 bridgehead atoms. The first kappa shape index (κ1) is 12.0. The summed E-state index contributed by atoms with van der Waals surface area (Å²) in [7, 11) is 1.92. The van der Waals surface area contributed by atoms with Crippen LogP contribution in [0.4, 0.5) is 0 Å². The average Bonchev–Trinajstić information content (AvgIpc) is 2.62. The van der Waals surface area contributed by atoms with Gasteiger partial charge in [-0.1, -0.05) is 23.7 Å². The third-order valence-electron chi connectivity index (χ3n) is 2.08. The van der Waals surface area contributed by atoms with Gasteiger partial charge in [-0.3, -0.25) is 0 Å². The van der Waals surface area contributed by atoms with Crippen LogP contribution in [0.3, 0.4) is 0 Å². The minimum Gasteiger partial charge on any atom is -0.315 e. The van der Waals surface area contributed by atoms with Gasteiger partial charge in [0.15, 0.2) is 0 Å². The van der Waals surface area contributed by atoms with E-state index in [-0.39, 0.29) is 0 Å². The summed E-state index contributed by atoms with van der Waals surface area (Å²) in [6.07, 6.45) is 0. The van der Waals surface area contributed by atoms with Crippen molar-refractivity contribution in [2.75, 3.05) is 7.05 Å². The molecule has 2 nitrogen and oxygen atoms in total. The first-order chi connectivity index (χ1) is 7.70. The van der Waals surface area contributed by atoms with Gasteiger partial charge >= 0.3 is 0 Å². The van der Waals surface area contributed by atoms with E-state index in [1.165, 1.54) is 4.88 Å². The summed E-state index contributed by atoms with van der Waals surface area (Å²) in [5, 5.41) is 4.87. The van der Waals surface area contributed by atoms with E-state index in [1.807, 2.05) is 31.3 Å². The molecule has 16 heavy (non-hydrogen) atoms. The molecule has 5 heteroatoms. The first-order valence-corrected chi connectivity index (χ1v) is 6.75. The molecule has 1 aromatic carbocycles. The Morgan fingerprint density at radius 3 is 2.69 bits per heavy atom. The first-order valence-electron chi connectivity index (χ1n) is 4.76. The normalized spacial score (nSPS) is 10.7. The third kappa shape index (κ3) is 2.63. The molecule has 1 N–H and O–H groups in total. The second kappa shape index (κ2) is 5.27. The van der Waals surface area contributed by atoms with Crippen LogP contribution in [0.5, 0.6) is 0 Å². The van der Waals surface area contributed by atoms with Gasteiger partial charge in [0, 0.05) is 17.1 Å². The number of nitrogens with one attached hydrogen (secondary N) is 1. The molecule has 0 radical (unpaired) electrons. The van der Waals surface area contributed by atoms with Gasteiger partial charge in [-0.05, 0) is 35.1 Å². The zero-order chi connectivity index (χ0) is 11.5. The van der Waals surface area contributed by atoms with Crippen molar-refractivity contribution in [3.8, 4) is 10.6 Å². The van der Waals surface area contributed by atoms with Crippen LogP contribution < -0.4 is 5.32 Å². The van der Waals surface area contributed by atoms with Crippen LogP contribution in [0.2, 0.25) is 5.02 Å². The van der Waals surface area contributed by atoms with E-state index in [1.54, 1.807) is 11.3 Å². The molecule has 84 valence electrons. The van der Waals surface area contributed by atoms with Crippen LogP contribution in [-0.4, -0.2) is 12.0 Å². The molecule has 1 aromatic heterocycles. The predicted octanol–water partition coefficient (Wildman–Crippen LogP) is 3.95. The maximum atomic E-state index is 5.85. The fourth-order valence-electron chi connectivity index (χ4n) is 1.32. The molecular formula is C11H10BrClN2S. The SMILES string of the molecule is CNCc1sc(-c2ccc(Cl)cc2)nc1Br. The summed E-state index contributed by atoms with van der Waals surface area (Å²) >= 11 is 11.0. The lowest BCUT2D eigenvalue weighted by atomic mass is 10.2. The molecule has 0 amide bonds. The van der Waals surface area contributed by atoms with Gasteiger partial charge in [0.05, 0.1) is 4.88 Å². The Morgan fingerprint density at radius 1 is 1.38 bits per heavy atom. The van der Waals surface area contributed by atoms with Gasteiger partial charge in [0.2, 0.25) is 0 Å². The van der Waals surface area contributed by atoms with E-state index < -0.39 is 0 Å². The number of nitrogens with zero attached hydrogens (tertiary/aromatic N) is 1. The molecular weight excluding hydrogens is 308 g/mol. The highest BCUT2D eigenvalue weighted by molar-refractivity contribution is 9.10. The minimum atomic E-state index is 0.745. The van der Waals surface area contributed by atoms with Gasteiger partial charge < -0.3 is 5.32 Å². The number of hydrogen-bond acceptors (Lipinski definition) is 3. The molecule has 0 unspecified atom stereocenters. The molecule has 0 spiro atoms. The highest BCUT2D eigenvalue weighted by Crippen LogP contribution is 2.31. The molecule has 2 aromatic rings. The fourth-order valence-corrected chi connectivity index (χ4v) is 3.09. The van der Waals surface area contributed by atoms with Crippen LogP contribution in [0.1, 0.15) is 4.88 Å². The molecule has 1 heterocycles. The largest absolute Gasteiger partial charge is 0.315 e. The van der Waals surface area contributed by atoms with E-state index in [0.29, 0.717) is 0 Å². The number of halogens is 2. The lowest BCUT2D eigenvalue weighted by molar-refractivity contribution is 0.825. The summed E-state index contributed by atoms with van der Waals surface area (Å²) < 4.78 is 0.914. The number of aromatic nitrogens is 1. The van der Waals surface area contributed by atoms with Crippen molar-refractivity contribution in [3.63, 3.8) is 0 Å². The van der Waals surface area contributed by atoms with Crippen LogP contribution in [0.25, 0.3) is 10.6 Å². The van der Waals surface area contributed by atoms with Crippen molar-refractivity contribution in [2.45, 2.75) is 6.54 Å². The molecule has 2 rings (SSSR count). The number of thiazole rings is 1. The maximum Gasteiger partial charge on any atom is 0.124 e. The second-order valence-corrected chi connectivity index (χ2v) is 5.54. The number of hydrogen-bond donors (Lipinski definition) is 1. The number of rotatable bonds is 3. The molecule has 0 aliphatic rings. The summed E-state index contributed by atoms with van der Waals surface area (Å²) in [5.74, 6) is 0. The third-order valence-corrected chi connectivity index (χ3v) is 4.35. The Morgan fingerprint density at radius 2 is 2.06 bits per heavy atom. The summed E-state index contributed by atoms with van der Waals surface area (Å²) in [6.45, 7) is 0.825. The highest BCUT2D eigenvalue weighted by Gasteiger charge is 2.09. The quantitative estimate of drug-likeness (QED) is 0.927. The van der Waals surface area contributed by atoms with Gasteiger partial charge in [-0.2, -0.15) is 0 Å². The smallest absolute Gasteiger partial charge is 0.124 e. The molecule has 0 aliphatic heterocycles. The van der Waals surface area contributed by atoms with Crippen molar-refractivity contribution in [2.24, 2.45) is 0 Å². The molecule has 0 saturated heterocycles. The van der Waals surface area contributed by atoms with Crippen LogP contribution >= 0.6 is 38.9 Å². The highest BCUT2D eigenvalue weighted by atomic mass is 79.9. The van der Waals surface area contributed by atoms with Crippen molar-refractivity contribution in [1.29, 1.82) is 0 Å². The van der Waals surface area contributed by atoms with Gasteiger partial charge in [0.25, 0.3) is 0 Å². The Hall–Kier alpha value is -0.420. The van der Waals surface area contributed by atoms with Gasteiger partial charge in [-0.25, -0.2) is 4.98 Å². The van der Waals surface area contributed by atoms with E-state index in [9.17, 15) is 0 Å². The van der Waals surface area contributed by atoms with Crippen molar-refractivity contribution < 1.29 is 0 Å². The number of benzene rings is 1. The molecule has 0 fully saturated rings. The van der Waals surface area contributed by atoms with E-state index >= 15 is 0 Å². The topological polar surface area (TPSA) is 24.9 Å². The lowest BCUT2D eigenvalue weighted by Crippen LogP contribution is -2.03. The van der Waals surface area contributed by atoms with Crippen molar-refractivity contribution in [3.05, 3.63) is 38.8 Å². The van der Waals surface area contributed by atoms with E-state index in [0.717, 1.165) is 26.7 Å². The lowest BCUT2D eigenvalue weighted by Gasteiger charge is -1.95. The predicted molar refractivity (Wildman–Crippen MR) is 73.0 cm³/mol. The maximum absolute atomic E-state index is 5.85. The van der Waals surface area contributed by atoms with Crippen molar-refractivity contribution >= 4 is 38.9 Å².